The fourth-order valence-corrected chi connectivity index (χ4v) is 3.90. The van der Waals surface area contributed by atoms with Crippen LogP contribution in [0.3, 0.4) is 0 Å². The van der Waals surface area contributed by atoms with Gasteiger partial charge < -0.3 is 16.2 Å². The lowest BCUT2D eigenvalue weighted by Crippen LogP contribution is -2.37. The predicted molar refractivity (Wildman–Crippen MR) is 98.7 cm³/mol. The third-order valence-electron chi connectivity index (χ3n) is 5.54. The van der Waals surface area contributed by atoms with Gasteiger partial charge in [-0.1, -0.05) is 30.7 Å². The number of nitrogens with zero attached hydrogens (tertiary/aromatic N) is 1. The molecule has 4 N–H and O–H groups in total. The van der Waals surface area contributed by atoms with Gasteiger partial charge in [0.05, 0.1) is 6.10 Å². The van der Waals surface area contributed by atoms with Crippen LogP contribution in [-0.4, -0.2) is 41.1 Å². The van der Waals surface area contributed by atoms with Crippen LogP contribution < -0.4 is 11.1 Å². The Balaban J connectivity index is 1.43. The van der Waals surface area contributed by atoms with Crippen LogP contribution >= 0.6 is 0 Å². The first-order chi connectivity index (χ1) is 12.1. The standard InChI is InChI=1S/C20H31N3O2/c21-18-3-1-2-17(12-18)20(25)22-13-15-4-6-16(7-5-15)14-23-10-8-19(24)9-11-23/h4-7,17-19,24H,1-3,8-14,21H2,(H,22,25). The second kappa shape index (κ2) is 8.79. The molecule has 1 saturated heterocycles. The van der Waals surface area contributed by atoms with Gasteiger partial charge in [-0.15, -0.1) is 0 Å². The lowest BCUT2D eigenvalue weighted by molar-refractivity contribution is -0.126. The molecule has 1 saturated carbocycles. The number of hydrogen-bond acceptors (Lipinski definition) is 4. The molecule has 5 heteroatoms. The smallest absolute Gasteiger partial charge is 0.223 e. The van der Waals surface area contributed by atoms with Gasteiger partial charge in [-0.25, -0.2) is 0 Å². The Morgan fingerprint density at radius 1 is 1.12 bits per heavy atom. The Morgan fingerprint density at radius 3 is 2.48 bits per heavy atom. The molecule has 1 aromatic rings. The van der Waals surface area contributed by atoms with E-state index in [-0.39, 0.29) is 24.0 Å². The van der Waals surface area contributed by atoms with Crippen LogP contribution in [0.25, 0.3) is 0 Å². The van der Waals surface area contributed by atoms with E-state index in [4.69, 9.17) is 5.73 Å². The monoisotopic (exact) mass is 345 g/mol. The van der Waals surface area contributed by atoms with Gasteiger partial charge in [0.1, 0.15) is 0 Å². The molecule has 25 heavy (non-hydrogen) atoms. The molecule has 1 aromatic carbocycles. The summed E-state index contributed by atoms with van der Waals surface area (Å²) in [5, 5.41) is 12.6. The molecular formula is C20H31N3O2. The molecule has 138 valence electrons. The number of aliphatic hydroxyl groups is 1. The molecule has 0 bridgehead atoms. The van der Waals surface area contributed by atoms with Gasteiger partial charge in [-0.05, 0) is 43.2 Å². The molecule has 2 atom stereocenters. The van der Waals surface area contributed by atoms with Crippen molar-refractivity contribution in [2.45, 2.75) is 63.8 Å². The molecular weight excluding hydrogens is 314 g/mol. The molecule has 1 amide bonds. The van der Waals surface area contributed by atoms with Crippen LogP contribution in [0.1, 0.15) is 49.7 Å². The maximum atomic E-state index is 12.3. The van der Waals surface area contributed by atoms with Crippen LogP contribution in [0.2, 0.25) is 0 Å². The molecule has 5 nitrogen and oxygen atoms in total. The summed E-state index contributed by atoms with van der Waals surface area (Å²) < 4.78 is 0. The molecule has 1 heterocycles. The Morgan fingerprint density at radius 2 is 1.80 bits per heavy atom. The number of carbonyl (C=O) groups excluding carboxylic acids is 1. The van der Waals surface area contributed by atoms with Crippen LogP contribution in [0.5, 0.6) is 0 Å². The number of benzene rings is 1. The molecule has 1 aliphatic carbocycles. The van der Waals surface area contributed by atoms with Crippen molar-refractivity contribution in [3.8, 4) is 0 Å². The van der Waals surface area contributed by atoms with E-state index in [1.165, 1.54) is 5.56 Å². The van der Waals surface area contributed by atoms with Crippen LogP contribution in [0.15, 0.2) is 24.3 Å². The predicted octanol–water partition coefficient (Wildman–Crippen LogP) is 1.78. The molecule has 1 aliphatic heterocycles. The minimum absolute atomic E-state index is 0.0810. The largest absolute Gasteiger partial charge is 0.393 e. The average Bonchev–Trinajstić information content (AvgIpc) is 2.63. The summed E-state index contributed by atoms with van der Waals surface area (Å²) in [6.45, 7) is 3.44. The van der Waals surface area contributed by atoms with Gasteiger partial charge in [0, 0.05) is 38.1 Å². The van der Waals surface area contributed by atoms with Gasteiger partial charge in [0.25, 0.3) is 0 Å². The molecule has 0 aromatic heterocycles. The lowest BCUT2D eigenvalue weighted by atomic mass is 9.85. The van der Waals surface area contributed by atoms with E-state index in [0.29, 0.717) is 6.54 Å². The van der Waals surface area contributed by atoms with Crippen LogP contribution in [0, 0.1) is 5.92 Å². The number of carbonyl (C=O) groups is 1. The van der Waals surface area contributed by atoms with E-state index in [2.05, 4.69) is 34.5 Å². The third-order valence-corrected chi connectivity index (χ3v) is 5.54. The third kappa shape index (κ3) is 5.53. The Bertz CT molecular complexity index is 553. The highest BCUT2D eigenvalue weighted by Gasteiger charge is 2.25. The minimum Gasteiger partial charge on any atom is -0.393 e. The first kappa shape index (κ1) is 18.4. The summed E-state index contributed by atoms with van der Waals surface area (Å²) >= 11 is 0. The Labute approximate surface area is 150 Å². The number of rotatable bonds is 5. The van der Waals surface area contributed by atoms with Gasteiger partial charge in [-0.3, -0.25) is 9.69 Å². The van der Waals surface area contributed by atoms with Gasteiger partial charge in [0.15, 0.2) is 0 Å². The average molecular weight is 345 g/mol. The molecule has 3 rings (SSSR count). The van der Waals surface area contributed by atoms with Crippen LogP contribution in [0.4, 0.5) is 0 Å². The summed E-state index contributed by atoms with van der Waals surface area (Å²) in [6.07, 6.45) is 5.49. The van der Waals surface area contributed by atoms with Gasteiger partial charge >= 0.3 is 0 Å². The van der Waals surface area contributed by atoms with Crippen molar-refractivity contribution >= 4 is 5.91 Å². The van der Waals surface area contributed by atoms with Crippen molar-refractivity contribution in [1.82, 2.24) is 10.2 Å². The first-order valence-corrected chi connectivity index (χ1v) is 9.61. The summed E-state index contributed by atoms with van der Waals surface area (Å²) in [5.74, 6) is 0.226. The number of hydrogen-bond donors (Lipinski definition) is 3. The normalized spacial score (nSPS) is 25.7. The minimum atomic E-state index is -0.124. The quantitative estimate of drug-likeness (QED) is 0.760. The zero-order valence-corrected chi connectivity index (χ0v) is 15.0. The first-order valence-electron chi connectivity index (χ1n) is 9.61. The molecule has 0 spiro atoms. The van der Waals surface area contributed by atoms with E-state index in [9.17, 15) is 9.90 Å². The molecule has 0 radical (unpaired) electrons. The lowest BCUT2D eigenvalue weighted by Gasteiger charge is -2.29. The van der Waals surface area contributed by atoms with E-state index in [1.54, 1.807) is 0 Å². The van der Waals surface area contributed by atoms with Crippen molar-refractivity contribution in [3.05, 3.63) is 35.4 Å². The number of amides is 1. The highest BCUT2D eigenvalue weighted by Crippen LogP contribution is 2.23. The second-order valence-corrected chi connectivity index (χ2v) is 7.67. The highest BCUT2D eigenvalue weighted by molar-refractivity contribution is 5.78. The number of nitrogens with two attached hydrogens (primary N) is 1. The van der Waals surface area contributed by atoms with Crippen molar-refractivity contribution < 1.29 is 9.90 Å². The fraction of sp³-hybridized carbons (Fsp3) is 0.650. The zero-order chi connectivity index (χ0) is 17.6. The maximum absolute atomic E-state index is 12.3. The molecule has 2 fully saturated rings. The summed E-state index contributed by atoms with van der Waals surface area (Å²) in [6, 6.07) is 8.66. The summed E-state index contributed by atoms with van der Waals surface area (Å²) in [5.41, 5.74) is 8.39. The van der Waals surface area contributed by atoms with E-state index in [0.717, 1.165) is 63.7 Å². The highest BCUT2D eigenvalue weighted by atomic mass is 16.3. The van der Waals surface area contributed by atoms with E-state index >= 15 is 0 Å². The van der Waals surface area contributed by atoms with Crippen molar-refractivity contribution in [1.29, 1.82) is 0 Å². The zero-order valence-electron chi connectivity index (χ0n) is 15.0. The van der Waals surface area contributed by atoms with Crippen LogP contribution in [-0.2, 0) is 17.9 Å². The topological polar surface area (TPSA) is 78.6 Å². The fourth-order valence-electron chi connectivity index (χ4n) is 3.90. The summed E-state index contributed by atoms with van der Waals surface area (Å²) in [4.78, 5) is 14.7. The van der Waals surface area contributed by atoms with E-state index < -0.39 is 0 Å². The Kier molecular flexibility index (Phi) is 6.45. The second-order valence-electron chi connectivity index (χ2n) is 7.67. The van der Waals surface area contributed by atoms with Crippen molar-refractivity contribution in [2.75, 3.05) is 13.1 Å². The summed E-state index contributed by atoms with van der Waals surface area (Å²) in [7, 11) is 0. The number of piperidine rings is 1. The van der Waals surface area contributed by atoms with Gasteiger partial charge in [-0.2, -0.15) is 0 Å². The number of nitrogens with one attached hydrogen (secondary N) is 1. The number of likely N-dealkylation sites (tertiary alicyclic amines) is 1. The SMILES string of the molecule is NC1CCCC(C(=O)NCc2ccc(CN3CCC(O)CC3)cc2)C1. The van der Waals surface area contributed by atoms with Gasteiger partial charge in [0.2, 0.25) is 5.91 Å². The Hall–Kier alpha value is -1.43. The maximum Gasteiger partial charge on any atom is 0.223 e. The van der Waals surface area contributed by atoms with Crippen molar-refractivity contribution in [2.24, 2.45) is 11.7 Å². The molecule has 2 aliphatic rings. The van der Waals surface area contributed by atoms with E-state index in [1.807, 2.05) is 0 Å². The number of aliphatic hydroxyl groups excluding tert-OH is 1. The molecule has 2 unspecified atom stereocenters. The van der Waals surface area contributed by atoms with Crippen molar-refractivity contribution in [3.63, 3.8) is 0 Å².